The molecule has 0 radical (unpaired) electrons. The number of aromatic carboxylic acids is 1. The van der Waals surface area contributed by atoms with Crippen LogP contribution >= 0.6 is 11.3 Å². The maximum atomic E-state index is 11.4. The Kier molecular flexibility index (Phi) is 3.24. The summed E-state index contributed by atoms with van der Waals surface area (Å²) < 4.78 is 22.7. The molecule has 1 saturated heterocycles. The third-order valence-corrected chi connectivity index (χ3v) is 5.83. The normalized spacial score (nSPS) is 21.9. The van der Waals surface area contributed by atoms with Crippen LogP contribution in [0.5, 0.6) is 0 Å². The number of ketones is 1. The highest BCUT2D eigenvalue weighted by atomic mass is 32.2. The van der Waals surface area contributed by atoms with Crippen LogP contribution in [0.4, 0.5) is 0 Å². The number of rotatable bonds is 3. The molecule has 98 valence electrons. The van der Waals surface area contributed by atoms with Gasteiger partial charge in [0, 0.05) is 12.8 Å². The fraction of sp³-hybridized carbons (Fsp3) is 0.500. The minimum Gasteiger partial charge on any atom is -0.476 e. The van der Waals surface area contributed by atoms with Gasteiger partial charge in [-0.15, -0.1) is 11.3 Å². The second-order valence-corrected chi connectivity index (χ2v) is 7.45. The van der Waals surface area contributed by atoms with Gasteiger partial charge in [0.05, 0.1) is 16.5 Å². The van der Waals surface area contributed by atoms with Crippen LogP contribution in [0.3, 0.4) is 0 Å². The number of thiazole rings is 1. The van der Waals surface area contributed by atoms with Gasteiger partial charge in [-0.1, -0.05) is 0 Å². The van der Waals surface area contributed by atoms with Crippen molar-refractivity contribution in [1.82, 2.24) is 4.98 Å². The molecule has 8 heteroatoms. The van der Waals surface area contributed by atoms with E-state index in [2.05, 4.69) is 4.98 Å². The van der Waals surface area contributed by atoms with Gasteiger partial charge in [-0.2, -0.15) is 0 Å². The SMILES string of the molecule is CC(=O)c1sc(C2CCS(=O)(=O)C2)nc1C(=O)O. The van der Waals surface area contributed by atoms with Gasteiger partial charge in [0.25, 0.3) is 0 Å². The molecule has 1 fully saturated rings. The fourth-order valence-electron chi connectivity index (χ4n) is 1.88. The maximum Gasteiger partial charge on any atom is 0.356 e. The van der Waals surface area contributed by atoms with Gasteiger partial charge in [0.15, 0.2) is 21.3 Å². The van der Waals surface area contributed by atoms with Gasteiger partial charge in [-0.05, 0) is 6.42 Å². The molecule has 1 unspecified atom stereocenters. The summed E-state index contributed by atoms with van der Waals surface area (Å²) in [6, 6.07) is 0. The van der Waals surface area contributed by atoms with Gasteiger partial charge in [-0.3, -0.25) is 4.79 Å². The van der Waals surface area contributed by atoms with E-state index in [-0.39, 0.29) is 33.8 Å². The number of hydrogen-bond acceptors (Lipinski definition) is 6. The molecule has 0 aliphatic carbocycles. The number of aromatic nitrogens is 1. The highest BCUT2D eigenvalue weighted by Gasteiger charge is 2.33. The van der Waals surface area contributed by atoms with Crippen molar-refractivity contribution in [2.45, 2.75) is 19.3 Å². The van der Waals surface area contributed by atoms with E-state index in [4.69, 9.17) is 5.11 Å². The standard InChI is InChI=1S/C10H11NO5S2/c1-5(12)8-7(10(13)14)11-9(17-8)6-2-3-18(15,16)4-6/h6H,2-4H2,1H3,(H,13,14). The minimum absolute atomic E-state index is 0.0169. The molecular formula is C10H11NO5S2. The summed E-state index contributed by atoms with van der Waals surface area (Å²) in [6.45, 7) is 1.27. The number of nitrogens with zero attached hydrogens (tertiary/aromatic N) is 1. The topological polar surface area (TPSA) is 101 Å². The van der Waals surface area contributed by atoms with E-state index < -0.39 is 15.8 Å². The predicted molar refractivity (Wildman–Crippen MR) is 65.1 cm³/mol. The Bertz CT molecular complexity index is 585. The summed E-state index contributed by atoms with van der Waals surface area (Å²) in [5.41, 5.74) is -0.271. The molecule has 0 bridgehead atoms. The number of carbonyl (C=O) groups excluding carboxylic acids is 1. The maximum absolute atomic E-state index is 11.4. The average molecular weight is 289 g/mol. The lowest BCUT2D eigenvalue weighted by Gasteiger charge is -2.00. The van der Waals surface area contributed by atoms with Crippen LogP contribution in [0.1, 0.15) is 44.4 Å². The van der Waals surface area contributed by atoms with E-state index in [1.165, 1.54) is 6.92 Å². The van der Waals surface area contributed by atoms with E-state index in [9.17, 15) is 18.0 Å². The second kappa shape index (κ2) is 4.43. The quantitative estimate of drug-likeness (QED) is 0.831. The predicted octanol–water partition coefficient (Wildman–Crippen LogP) is 0.946. The van der Waals surface area contributed by atoms with Crippen LogP contribution in [0.25, 0.3) is 0 Å². The third kappa shape index (κ3) is 2.44. The summed E-state index contributed by atoms with van der Waals surface area (Å²) >= 11 is 0.988. The summed E-state index contributed by atoms with van der Waals surface area (Å²) in [5.74, 6) is -1.84. The minimum atomic E-state index is -3.05. The summed E-state index contributed by atoms with van der Waals surface area (Å²) in [7, 11) is -3.05. The molecule has 2 rings (SSSR count). The van der Waals surface area contributed by atoms with Gasteiger partial charge in [0.1, 0.15) is 4.88 Å². The zero-order valence-corrected chi connectivity index (χ0v) is 11.2. The molecule has 0 saturated carbocycles. The number of carboxylic acids is 1. The Morgan fingerprint density at radius 3 is 2.50 bits per heavy atom. The van der Waals surface area contributed by atoms with Crippen molar-refractivity contribution >= 4 is 32.9 Å². The first-order valence-corrected chi connectivity index (χ1v) is 7.89. The Balaban J connectivity index is 2.39. The molecule has 1 aromatic rings. The molecule has 1 atom stereocenters. The van der Waals surface area contributed by atoms with Crippen LogP contribution in [0.15, 0.2) is 0 Å². The van der Waals surface area contributed by atoms with E-state index in [0.29, 0.717) is 11.4 Å². The van der Waals surface area contributed by atoms with E-state index in [0.717, 1.165) is 11.3 Å². The second-order valence-electron chi connectivity index (χ2n) is 4.19. The highest BCUT2D eigenvalue weighted by molar-refractivity contribution is 7.91. The van der Waals surface area contributed by atoms with Gasteiger partial charge < -0.3 is 5.11 Å². The van der Waals surface area contributed by atoms with Crippen molar-refractivity contribution in [2.24, 2.45) is 0 Å². The first kappa shape index (κ1) is 13.2. The van der Waals surface area contributed by atoms with Gasteiger partial charge in [0.2, 0.25) is 0 Å². The first-order valence-electron chi connectivity index (χ1n) is 5.25. The Labute approximate surface area is 108 Å². The molecule has 1 aromatic heterocycles. The van der Waals surface area contributed by atoms with Crippen molar-refractivity contribution in [3.05, 3.63) is 15.6 Å². The van der Waals surface area contributed by atoms with Crippen molar-refractivity contribution in [1.29, 1.82) is 0 Å². The van der Waals surface area contributed by atoms with Crippen LogP contribution in [0.2, 0.25) is 0 Å². The lowest BCUT2D eigenvalue weighted by atomic mass is 10.1. The lowest BCUT2D eigenvalue weighted by molar-refractivity contribution is 0.0686. The molecule has 1 aliphatic rings. The van der Waals surface area contributed by atoms with Gasteiger partial charge in [-0.25, -0.2) is 18.2 Å². The molecule has 2 heterocycles. The molecule has 0 spiro atoms. The van der Waals surface area contributed by atoms with Crippen LogP contribution in [0, 0.1) is 0 Å². The number of carboxylic acid groups (broad SMARTS) is 1. The van der Waals surface area contributed by atoms with Crippen LogP contribution in [-0.4, -0.2) is 41.8 Å². The molecule has 6 nitrogen and oxygen atoms in total. The van der Waals surface area contributed by atoms with Crippen molar-refractivity contribution in [3.63, 3.8) is 0 Å². The molecule has 0 amide bonds. The van der Waals surface area contributed by atoms with Gasteiger partial charge >= 0.3 is 5.97 Å². The number of sulfone groups is 1. The molecular weight excluding hydrogens is 278 g/mol. The van der Waals surface area contributed by atoms with Crippen molar-refractivity contribution < 1.29 is 23.1 Å². The summed E-state index contributed by atoms with van der Waals surface area (Å²) in [5, 5.41) is 9.38. The molecule has 1 N–H and O–H groups in total. The summed E-state index contributed by atoms with van der Waals surface area (Å²) in [4.78, 5) is 26.3. The third-order valence-electron chi connectivity index (χ3n) is 2.75. The zero-order valence-electron chi connectivity index (χ0n) is 9.54. The van der Waals surface area contributed by atoms with E-state index in [1.54, 1.807) is 0 Å². The number of carbonyl (C=O) groups is 2. The van der Waals surface area contributed by atoms with Crippen LogP contribution < -0.4 is 0 Å². The Hall–Kier alpha value is -1.28. The Morgan fingerprint density at radius 1 is 1.44 bits per heavy atom. The largest absolute Gasteiger partial charge is 0.476 e. The molecule has 18 heavy (non-hydrogen) atoms. The first-order chi connectivity index (χ1) is 8.30. The number of hydrogen-bond donors (Lipinski definition) is 1. The zero-order chi connectivity index (χ0) is 13.5. The monoisotopic (exact) mass is 289 g/mol. The fourth-order valence-corrected chi connectivity index (χ4v) is 4.83. The lowest BCUT2D eigenvalue weighted by Crippen LogP contribution is -2.05. The van der Waals surface area contributed by atoms with Crippen LogP contribution in [-0.2, 0) is 9.84 Å². The highest BCUT2D eigenvalue weighted by Crippen LogP contribution is 2.33. The van der Waals surface area contributed by atoms with E-state index in [1.807, 2.05) is 0 Å². The van der Waals surface area contributed by atoms with Crippen molar-refractivity contribution in [3.8, 4) is 0 Å². The summed E-state index contributed by atoms with van der Waals surface area (Å²) in [6.07, 6.45) is 0.437. The molecule has 1 aliphatic heterocycles. The Morgan fingerprint density at radius 2 is 2.11 bits per heavy atom. The molecule has 0 aromatic carbocycles. The van der Waals surface area contributed by atoms with Crippen molar-refractivity contribution in [2.75, 3.05) is 11.5 Å². The number of Topliss-reactive ketones (excluding diaryl/α,β-unsaturated/α-hetero) is 1. The smallest absolute Gasteiger partial charge is 0.356 e. The van der Waals surface area contributed by atoms with E-state index >= 15 is 0 Å². The average Bonchev–Trinajstić information content (AvgIpc) is 2.80.